The molecule has 0 heterocycles. The van der Waals surface area contributed by atoms with Gasteiger partial charge in [-0.05, 0) is 50.3 Å². The smallest absolute Gasteiger partial charge is 0.315 e. The van der Waals surface area contributed by atoms with Gasteiger partial charge in [0.05, 0.1) is 18.2 Å². The van der Waals surface area contributed by atoms with Gasteiger partial charge < -0.3 is 15.7 Å². The summed E-state index contributed by atoms with van der Waals surface area (Å²) in [5, 5.41) is 14.9. The van der Waals surface area contributed by atoms with Gasteiger partial charge in [0.2, 0.25) is 0 Å². The van der Waals surface area contributed by atoms with Crippen molar-refractivity contribution in [3.8, 4) is 0 Å². The quantitative estimate of drug-likeness (QED) is 0.782. The van der Waals surface area contributed by atoms with Gasteiger partial charge in [-0.2, -0.15) is 0 Å². The molecule has 0 spiro atoms. The van der Waals surface area contributed by atoms with Crippen LogP contribution in [0.2, 0.25) is 0 Å². The van der Waals surface area contributed by atoms with E-state index in [2.05, 4.69) is 10.6 Å². The lowest BCUT2D eigenvalue weighted by Gasteiger charge is -2.29. The van der Waals surface area contributed by atoms with Crippen LogP contribution in [0.25, 0.3) is 0 Å². The van der Waals surface area contributed by atoms with Gasteiger partial charge in [-0.25, -0.2) is 13.6 Å². The highest BCUT2D eigenvalue weighted by Crippen LogP contribution is 2.39. The van der Waals surface area contributed by atoms with Crippen molar-refractivity contribution in [3.05, 3.63) is 35.4 Å². The molecule has 1 saturated carbocycles. The fourth-order valence-corrected chi connectivity index (χ4v) is 2.35. The zero-order valence-electron chi connectivity index (χ0n) is 12.1. The standard InChI is InChI=1S/C15H20F2N2O2/c1-9(10-3-6-12(16)13(17)7-10)18-14(21)19-15(2,8-20)11-4-5-11/h3,6-7,9,11,20H,4-5,8H2,1-2H3,(H2,18,19,21)/t9-,15-/m0/s1. The van der Waals surface area contributed by atoms with Crippen LogP contribution in [0, 0.1) is 17.6 Å². The largest absolute Gasteiger partial charge is 0.394 e. The predicted octanol–water partition coefficient (Wildman–Crippen LogP) is 2.49. The van der Waals surface area contributed by atoms with Gasteiger partial charge in [-0.3, -0.25) is 0 Å². The number of aliphatic hydroxyl groups is 1. The summed E-state index contributed by atoms with van der Waals surface area (Å²) in [6, 6.07) is 2.61. The zero-order valence-corrected chi connectivity index (χ0v) is 12.1. The van der Waals surface area contributed by atoms with Crippen molar-refractivity contribution in [2.24, 2.45) is 5.92 Å². The third-order valence-corrected chi connectivity index (χ3v) is 4.00. The topological polar surface area (TPSA) is 61.4 Å². The fraction of sp³-hybridized carbons (Fsp3) is 0.533. The Morgan fingerprint density at radius 3 is 2.62 bits per heavy atom. The van der Waals surface area contributed by atoms with Crippen LogP contribution in [-0.2, 0) is 0 Å². The average Bonchev–Trinajstić information content (AvgIpc) is 3.26. The maximum absolute atomic E-state index is 13.2. The number of carbonyl (C=O) groups excluding carboxylic acids is 1. The Hall–Kier alpha value is -1.69. The second-order valence-electron chi connectivity index (χ2n) is 5.84. The summed E-state index contributed by atoms with van der Waals surface area (Å²) in [6.07, 6.45) is 1.96. The second kappa shape index (κ2) is 5.97. The number of aliphatic hydroxyl groups excluding tert-OH is 1. The Balaban J connectivity index is 1.96. The maximum Gasteiger partial charge on any atom is 0.315 e. The highest BCUT2D eigenvalue weighted by atomic mass is 19.2. The molecule has 2 amide bonds. The number of hydrogen-bond donors (Lipinski definition) is 3. The molecule has 116 valence electrons. The number of hydrogen-bond acceptors (Lipinski definition) is 2. The molecular formula is C15H20F2N2O2. The van der Waals surface area contributed by atoms with E-state index in [-0.39, 0.29) is 12.5 Å². The minimum atomic E-state index is -0.945. The molecule has 0 aromatic heterocycles. The second-order valence-corrected chi connectivity index (χ2v) is 5.84. The van der Waals surface area contributed by atoms with Crippen LogP contribution in [-0.4, -0.2) is 23.3 Å². The minimum Gasteiger partial charge on any atom is -0.394 e. The molecule has 0 unspecified atom stereocenters. The van der Waals surface area contributed by atoms with Gasteiger partial charge in [0.1, 0.15) is 0 Å². The Kier molecular flexibility index (Phi) is 4.46. The van der Waals surface area contributed by atoms with E-state index in [1.165, 1.54) is 6.07 Å². The summed E-state index contributed by atoms with van der Waals surface area (Å²) in [6.45, 7) is 3.34. The average molecular weight is 298 g/mol. The van der Waals surface area contributed by atoms with Crippen molar-refractivity contribution in [1.82, 2.24) is 10.6 Å². The molecule has 0 saturated heterocycles. The molecule has 6 heteroatoms. The van der Waals surface area contributed by atoms with Crippen LogP contribution >= 0.6 is 0 Å². The fourth-order valence-electron chi connectivity index (χ4n) is 2.35. The zero-order chi connectivity index (χ0) is 15.6. The van der Waals surface area contributed by atoms with Gasteiger partial charge in [0, 0.05) is 0 Å². The van der Waals surface area contributed by atoms with Gasteiger partial charge in [-0.15, -0.1) is 0 Å². The van der Waals surface area contributed by atoms with E-state index in [9.17, 15) is 18.7 Å². The van der Waals surface area contributed by atoms with Crippen molar-refractivity contribution in [1.29, 1.82) is 0 Å². The summed E-state index contributed by atoms with van der Waals surface area (Å²) in [5.74, 6) is -1.58. The lowest BCUT2D eigenvalue weighted by molar-refractivity contribution is 0.154. The molecule has 1 fully saturated rings. The summed E-state index contributed by atoms with van der Waals surface area (Å²) in [7, 11) is 0. The summed E-state index contributed by atoms with van der Waals surface area (Å²) < 4.78 is 26.1. The number of benzene rings is 1. The number of carbonyl (C=O) groups is 1. The van der Waals surface area contributed by atoms with E-state index in [1.54, 1.807) is 13.8 Å². The van der Waals surface area contributed by atoms with Crippen LogP contribution in [0.3, 0.4) is 0 Å². The molecular weight excluding hydrogens is 278 g/mol. The van der Waals surface area contributed by atoms with E-state index >= 15 is 0 Å². The monoisotopic (exact) mass is 298 g/mol. The van der Waals surface area contributed by atoms with E-state index in [1.807, 2.05) is 0 Å². The lowest BCUT2D eigenvalue weighted by atomic mass is 9.97. The summed E-state index contributed by atoms with van der Waals surface area (Å²) >= 11 is 0. The van der Waals surface area contributed by atoms with E-state index in [4.69, 9.17) is 0 Å². The number of amides is 2. The maximum atomic E-state index is 13.2. The Labute approximate surface area is 122 Å². The molecule has 0 bridgehead atoms. The van der Waals surface area contributed by atoms with Crippen LogP contribution < -0.4 is 10.6 Å². The first kappa shape index (κ1) is 15.7. The molecule has 0 aliphatic heterocycles. The summed E-state index contributed by atoms with van der Waals surface area (Å²) in [4.78, 5) is 12.0. The summed E-state index contributed by atoms with van der Waals surface area (Å²) in [5.41, 5.74) is -0.168. The first-order chi connectivity index (χ1) is 9.85. The van der Waals surface area contributed by atoms with Crippen LogP contribution in [0.4, 0.5) is 13.6 Å². The van der Waals surface area contributed by atoms with Gasteiger partial charge in [-0.1, -0.05) is 6.07 Å². The molecule has 2 atom stereocenters. The first-order valence-electron chi connectivity index (χ1n) is 7.00. The van der Waals surface area contributed by atoms with Crippen LogP contribution in [0.15, 0.2) is 18.2 Å². The molecule has 1 aliphatic carbocycles. The van der Waals surface area contributed by atoms with Gasteiger partial charge in [0.15, 0.2) is 11.6 Å². The third kappa shape index (κ3) is 3.69. The molecule has 4 nitrogen and oxygen atoms in total. The molecule has 21 heavy (non-hydrogen) atoms. The number of rotatable bonds is 5. The molecule has 0 radical (unpaired) electrons. The SMILES string of the molecule is C[C@H](NC(=O)N[C@@](C)(CO)C1CC1)c1ccc(F)c(F)c1. The molecule has 1 aliphatic rings. The highest BCUT2D eigenvalue weighted by molar-refractivity contribution is 5.75. The van der Waals surface area contributed by atoms with E-state index in [0.29, 0.717) is 5.56 Å². The van der Waals surface area contributed by atoms with Crippen molar-refractivity contribution in [2.75, 3.05) is 6.61 Å². The van der Waals surface area contributed by atoms with Crippen LogP contribution in [0.1, 0.15) is 38.3 Å². The van der Waals surface area contributed by atoms with Crippen molar-refractivity contribution < 1.29 is 18.7 Å². The number of urea groups is 1. The predicted molar refractivity (Wildman–Crippen MR) is 74.7 cm³/mol. The van der Waals surface area contributed by atoms with Gasteiger partial charge >= 0.3 is 6.03 Å². The molecule has 1 aromatic rings. The Bertz CT molecular complexity index is 534. The normalized spacial score (nSPS) is 18.7. The molecule has 1 aromatic carbocycles. The number of halogens is 2. The van der Waals surface area contributed by atoms with Crippen LogP contribution in [0.5, 0.6) is 0 Å². The van der Waals surface area contributed by atoms with Crippen molar-refractivity contribution in [3.63, 3.8) is 0 Å². The molecule has 3 N–H and O–H groups in total. The van der Waals surface area contributed by atoms with E-state index < -0.39 is 29.2 Å². The third-order valence-electron chi connectivity index (χ3n) is 4.00. The Morgan fingerprint density at radius 2 is 2.10 bits per heavy atom. The first-order valence-corrected chi connectivity index (χ1v) is 7.00. The van der Waals surface area contributed by atoms with Crippen molar-refractivity contribution in [2.45, 2.75) is 38.3 Å². The highest BCUT2D eigenvalue weighted by Gasteiger charge is 2.42. The number of nitrogens with one attached hydrogen (secondary N) is 2. The lowest BCUT2D eigenvalue weighted by Crippen LogP contribution is -2.54. The Morgan fingerprint density at radius 1 is 1.43 bits per heavy atom. The van der Waals surface area contributed by atoms with E-state index in [0.717, 1.165) is 25.0 Å². The molecule has 2 rings (SSSR count). The van der Waals surface area contributed by atoms with Crippen molar-refractivity contribution >= 4 is 6.03 Å². The van der Waals surface area contributed by atoms with Gasteiger partial charge in [0.25, 0.3) is 0 Å². The minimum absolute atomic E-state index is 0.134.